The molecule has 7 heteroatoms. The molecular weight excluding hydrogens is 434 g/mol. The number of unbranched alkanes of at least 4 members (excludes halogenated alkanes) is 10. The van der Waals surface area contributed by atoms with E-state index in [1.165, 1.54) is 57.8 Å². The van der Waals surface area contributed by atoms with Crippen molar-refractivity contribution in [2.75, 3.05) is 31.6 Å². The highest BCUT2D eigenvalue weighted by atomic mass is 32.1. The molecule has 1 heterocycles. The summed E-state index contributed by atoms with van der Waals surface area (Å²) in [5, 5.41) is 6.03. The van der Waals surface area contributed by atoms with Gasteiger partial charge in [0.2, 0.25) is 5.91 Å². The van der Waals surface area contributed by atoms with Gasteiger partial charge in [-0.3, -0.25) is 9.59 Å². The Hall–Kier alpha value is -1.99. The van der Waals surface area contributed by atoms with Gasteiger partial charge in [0, 0.05) is 30.8 Å². The molecule has 6 nitrogen and oxygen atoms in total. The highest BCUT2D eigenvalue weighted by molar-refractivity contribution is 7.80. The molecule has 2 amide bonds. The van der Waals surface area contributed by atoms with Gasteiger partial charge in [0.1, 0.15) is 0 Å². The van der Waals surface area contributed by atoms with E-state index in [-0.39, 0.29) is 16.9 Å². The van der Waals surface area contributed by atoms with Crippen molar-refractivity contribution in [1.29, 1.82) is 0 Å². The second-order valence-electron chi connectivity index (χ2n) is 8.77. The summed E-state index contributed by atoms with van der Waals surface area (Å²) in [6, 6.07) is 7.20. The molecule has 1 saturated heterocycles. The summed E-state index contributed by atoms with van der Waals surface area (Å²) in [4.78, 5) is 26.6. The Bertz CT molecular complexity index is 735. The third-order valence-corrected chi connectivity index (χ3v) is 6.13. The largest absolute Gasteiger partial charge is 0.378 e. The molecule has 1 aromatic carbocycles. The number of thiocarbonyl (C=S) groups is 1. The first kappa shape index (κ1) is 27.3. The van der Waals surface area contributed by atoms with Gasteiger partial charge < -0.3 is 20.3 Å². The summed E-state index contributed by atoms with van der Waals surface area (Å²) >= 11 is 5.28. The van der Waals surface area contributed by atoms with E-state index in [1.807, 2.05) is 12.1 Å². The standard InChI is InChI=1S/C26H41N3O3S/c1-2-3-4-5-6-7-8-9-10-11-12-16-24(30)28-26(33)27-23-15-13-14-22(21-23)25(31)29-17-19-32-20-18-29/h13-15,21H,2-12,16-20H2,1H3,(H2,27,28,30,33). The zero-order chi connectivity index (χ0) is 23.7. The Morgan fingerprint density at radius 2 is 1.55 bits per heavy atom. The Morgan fingerprint density at radius 3 is 2.18 bits per heavy atom. The van der Waals surface area contributed by atoms with Crippen molar-refractivity contribution in [3.05, 3.63) is 29.8 Å². The number of ether oxygens (including phenoxy) is 1. The van der Waals surface area contributed by atoms with Crippen LogP contribution < -0.4 is 10.6 Å². The molecule has 0 spiro atoms. The molecule has 0 atom stereocenters. The monoisotopic (exact) mass is 475 g/mol. The fraction of sp³-hybridized carbons (Fsp3) is 0.654. The molecule has 2 rings (SSSR count). The van der Waals surface area contributed by atoms with Gasteiger partial charge in [-0.1, -0.05) is 77.2 Å². The molecule has 0 saturated carbocycles. The minimum Gasteiger partial charge on any atom is -0.378 e. The lowest BCUT2D eigenvalue weighted by molar-refractivity contribution is -0.119. The molecule has 33 heavy (non-hydrogen) atoms. The molecule has 1 aliphatic heterocycles. The van der Waals surface area contributed by atoms with E-state index in [1.54, 1.807) is 17.0 Å². The van der Waals surface area contributed by atoms with E-state index in [2.05, 4.69) is 17.6 Å². The number of hydrogen-bond donors (Lipinski definition) is 2. The van der Waals surface area contributed by atoms with Crippen LogP contribution in [-0.2, 0) is 9.53 Å². The molecule has 184 valence electrons. The van der Waals surface area contributed by atoms with Crippen molar-refractivity contribution < 1.29 is 14.3 Å². The number of rotatable bonds is 14. The van der Waals surface area contributed by atoms with E-state index in [0.717, 1.165) is 12.8 Å². The Kier molecular flexibility index (Phi) is 13.7. The van der Waals surface area contributed by atoms with E-state index in [4.69, 9.17) is 17.0 Å². The summed E-state index contributed by atoms with van der Waals surface area (Å²) in [6.45, 7) is 4.59. The molecule has 2 N–H and O–H groups in total. The number of nitrogens with zero attached hydrogens (tertiary/aromatic N) is 1. The van der Waals surface area contributed by atoms with Crippen LogP contribution in [0.25, 0.3) is 0 Å². The molecule has 1 aliphatic rings. The smallest absolute Gasteiger partial charge is 0.254 e. The van der Waals surface area contributed by atoms with Gasteiger partial charge in [-0.05, 0) is 36.8 Å². The van der Waals surface area contributed by atoms with Crippen LogP contribution in [0.2, 0.25) is 0 Å². The number of nitrogens with one attached hydrogen (secondary N) is 2. The average molecular weight is 476 g/mol. The lowest BCUT2D eigenvalue weighted by Crippen LogP contribution is -2.40. The van der Waals surface area contributed by atoms with Crippen molar-refractivity contribution in [3.8, 4) is 0 Å². The van der Waals surface area contributed by atoms with E-state index < -0.39 is 0 Å². The van der Waals surface area contributed by atoms with E-state index in [9.17, 15) is 9.59 Å². The third-order valence-electron chi connectivity index (χ3n) is 5.93. The summed E-state index contributed by atoms with van der Waals surface area (Å²) in [7, 11) is 0. The van der Waals surface area contributed by atoms with Gasteiger partial charge >= 0.3 is 0 Å². The minimum atomic E-state index is -0.0658. The van der Waals surface area contributed by atoms with E-state index >= 15 is 0 Å². The van der Waals surface area contributed by atoms with Crippen LogP contribution in [0.5, 0.6) is 0 Å². The number of amides is 2. The van der Waals surface area contributed by atoms with Crippen molar-refractivity contribution in [2.45, 2.75) is 84.0 Å². The topological polar surface area (TPSA) is 70.7 Å². The lowest BCUT2D eigenvalue weighted by Gasteiger charge is -2.27. The first-order valence-electron chi connectivity index (χ1n) is 12.7. The molecule has 1 fully saturated rings. The highest BCUT2D eigenvalue weighted by Crippen LogP contribution is 2.14. The molecule has 0 aliphatic carbocycles. The van der Waals surface area contributed by atoms with Crippen LogP contribution >= 0.6 is 12.2 Å². The quantitative estimate of drug-likeness (QED) is 0.268. The summed E-state index contributed by atoms with van der Waals surface area (Å²) < 4.78 is 5.31. The van der Waals surface area contributed by atoms with Crippen molar-refractivity contribution >= 4 is 34.8 Å². The van der Waals surface area contributed by atoms with Crippen molar-refractivity contribution in [1.82, 2.24) is 10.2 Å². The predicted octanol–water partition coefficient (Wildman–Crippen LogP) is 5.67. The van der Waals surface area contributed by atoms with Crippen LogP contribution in [0.4, 0.5) is 5.69 Å². The number of hydrogen-bond acceptors (Lipinski definition) is 4. The minimum absolute atomic E-state index is 0.0200. The molecule has 0 bridgehead atoms. The molecular formula is C26H41N3O3S. The first-order chi connectivity index (χ1) is 16.1. The normalized spacial score (nSPS) is 13.5. The zero-order valence-electron chi connectivity index (χ0n) is 20.2. The van der Waals surface area contributed by atoms with Crippen molar-refractivity contribution in [2.24, 2.45) is 0 Å². The number of carbonyl (C=O) groups is 2. The van der Waals surface area contributed by atoms with Crippen LogP contribution in [0.15, 0.2) is 24.3 Å². The van der Waals surface area contributed by atoms with Gasteiger partial charge in [0.15, 0.2) is 5.11 Å². The fourth-order valence-electron chi connectivity index (χ4n) is 3.98. The van der Waals surface area contributed by atoms with E-state index in [0.29, 0.717) is 44.0 Å². The predicted molar refractivity (Wildman–Crippen MR) is 139 cm³/mol. The maximum absolute atomic E-state index is 12.6. The Morgan fingerprint density at radius 1 is 0.939 bits per heavy atom. The highest BCUT2D eigenvalue weighted by Gasteiger charge is 2.18. The molecule has 1 aromatic rings. The second kappa shape index (κ2) is 16.6. The summed E-state index contributed by atoms with van der Waals surface area (Å²) in [5.41, 5.74) is 1.28. The fourth-order valence-corrected chi connectivity index (χ4v) is 4.21. The number of benzene rings is 1. The summed E-state index contributed by atoms with van der Waals surface area (Å²) in [6.07, 6.45) is 14.3. The van der Waals surface area contributed by atoms with Gasteiger partial charge in [0.25, 0.3) is 5.91 Å². The SMILES string of the molecule is CCCCCCCCCCCCCC(=O)NC(=S)Nc1cccc(C(=O)N2CCOCC2)c1. The van der Waals surface area contributed by atoms with Gasteiger partial charge in [0.05, 0.1) is 13.2 Å². The number of anilines is 1. The van der Waals surface area contributed by atoms with Crippen LogP contribution in [0.1, 0.15) is 94.3 Å². The maximum atomic E-state index is 12.6. The maximum Gasteiger partial charge on any atom is 0.254 e. The first-order valence-corrected chi connectivity index (χ1v) is 13.1. The van der Waals surface area contributed by atoms with Crippen molar-refractivity contribution in [3.63, 3.8) is 0 Å². The lowest BCUT2D eigenvalue weighted by atomic mass is 10.1. The summed E-state index contributed by atoms with van der Waals surface area (Å²) in [5.74, 6) is -0.0858. The third kappa shape index (κ3) is 11.6. The molecule has 0 radical (unpaired) electrons. The zero-order valence-corrected chi connectivity index (χ0v) is 21.0. The molecule has 0 aromatic heterocycles. The van der Waals surface area contributed by atoms with Crippen LogP contribution in [-0.4, -0.2) is 48.1 Å². The number of carbonyl (C=O) groups excluding carboxylic acids is 2. The second-order valence-corrected chi connectivity index (χ2v) is 9.18. The Labute approximate surface area is 204 Å². The van der Waals surface area contributed by atoms with Crippen LogP contribution in [0, 0.1) is 0 Å². The van der Waals surface area contributed by atoms with Gasteiger partial charge in [-0.2, -0.15) is 0 Å². The molecule has 0 unspecified atom stereocenters. The van der Waals surface area contributed by atoms with Crippen LogP contribution in [0.3, 0.4) is 0 Å². The number of morpholine rings is 1. The van der Waals surface area contributed by atoms with Gasteiger partial charge in [-0.15, -0.1) is 0 Å². The Balaban J connectivity index is 1.57. The average Bonchev–Trinajstić information content (AvgIpc) is 2.82. The van der Waals surface area contributed by atoms with Gasteiger partial charge in [-0.25, -0.2) is 0 Å².